The number of carboxylic acid groups (broad SMARTS) is 1. The Hall–Kier alpha value is -4.78. The number of hydrogen-bond acceptors (Lipinski definition) is 9. The molecular formula is C30H36N6O7. The Kier molecular flexibility index (Phi) is 10.4. The van der Waals surface area contributed by atoms with Crippen molar-refractivity contribution in [2.75, 3.05) is 45.2 Å². The fourth-order valence-electron chi connectivity index (χ4n) is 4.77. The number of ether oxygens (including phenoxy) is 1. The molecule has 2 aromatic carbocycles. The molecule has 1 amide bonds. The molecule has 2 heterocycles. The summed E-state index contributed by atoms with van der Waals surface area (Å²) >= 11 is 0. The normalized spacial score (nSPS) is 13.5. The number of aromatic nitrogens is 2. The molecule has 43 heavy (non-hydrogen) atoms. The molecule has 0 aliphatic carbocycles. The van der Waals surface area contributed by atoms with Gasteiger partial charge in [-0.05, 0) is 37.2 Å². The average molecular weight is 593 g/mol. The van der Waals surface area contributed by atoms with Gasteiger partial charge in [0.2, 0.25) is 0 Å². The Bertz CT molecular complexity index is 1460. The summed E-state index contributed by atoms with van der Waals surface area (Å²) in [4.78, 5) is 55.8. The number of piperazine rings is 1. The van der Waals surface area contributed by atoms with Crippen molar-refractivity contribution in [1.82, 2.24) is 19.4 Å². The molecule has 0 atom stereocenters. The van der Waals surface area contributed by atoms with E-state index in [1.807, 2.05) is 23.7 Å². The van der Waals surface area contributed by atoms with Crippen LogP contribution in [0.3, 0.4) is 0 Å². The number of nitrogens with zero attached hydrogens (tertiary/aromatic N) is 5. The molecule has 0 radical (unpaired) electrons. The third kappa shape index (κ3) is 8.16. The summed E-state index contributed by atoms with van der Waals surface area (Å²) in [5.41, 5.74) is 1.84. The average Bonchev–Trinajstić information content (AvgIpc) is 3.38. The highest BCUT2D eigenvalue weighted by Crippen LogP contribution is 2.24. The van der Waals surface area contributed by atoms with E-state index in [-0.39, 0.29) is 36.0 Å². The maximum atomic E-state index is 12.6. The van der Waals surface area contributed by atoms with Gasteiger partial charge >= 0.3 is 11.9 Å². The van der Waals surface area contributed by atoms with Crippen molar-refractivity contribution in [3.63, 3.8) is 0 Å². The highest BCUT2D eigenvalue weighted by atomic mass is 16.6. The van der Waals surface area contributed by atoms with E-state index in [9.17, 15) is 29.6 Å². The first-order valence-corrected chi connectivity index (χ1v) is 14.2. The van der Waals surface area contributed by atoms with Gasteiger partial charge in [0, 0.05) is 51.3 Å². The number of nitro groups is 1. The van der Waals surface area contributed by atoms with Crippen LogP contribution in [0, 0.1) is 10.1 Å². The van der Waals surface area contributed by atoms with Gasteiger partial charge in [-0.3, -0.25) is 14.9 Å². The minimum atomic E-state index is -1.20. The minimum absolute atomic E-state index is 0.0735. The van der Waals surface area contributed by atoms with Crippen molar-refractivity contribution in [3.8, 4) is 0 Å². The molecule has 0 unspecified atom stereocenters. The summed E-state index contributed by atoms with van der Waals surface area (Å²) < 4.78 is 7.29. The Morgan fingerprint density at radius 3 is 2.47 bits per heavy atom. The number of rotatable bonds is 13. The summed E-state index contributed by atoms with van der Waals surface area (Å²) in [5.74, 6) is -1.13. The van der Waals surface area contributed by atoms with Gasteiger partial charge in [-0.25, -0.2) is 14.6 Å². The third-order valence-electron chi connectivity index (χ3n) is 7.39. The zero-order valence-corrected chi connectivity index (χ0v) is 24.3. The summed E-state index contributed by atoms with van der Waals surface area (Å²) in [6, 6.07) is 10.5. The molecular weight excluding hydrogens is 556 g/mol. The lowest BCUT2D eigenvalue weighted by molar-refractivity contribution is -0.384. The van der Waals surface area contributed by atoms with Gasteiger partial charge in [0.15, 0.2) is 6.61 Å². The van der Waals surface area contributed by atoms with Crippen LogP contribution in [-0.4, -0.2) is 87.1 Å². The van der Waals surface area contributed by atoms with Gasteiger partial charge in [-0.1, -0.05) is 25.5 Å². The number of hydrogen-bond donors (Lipinski definition) is 2. The van der Waals surface area contributed by atoms with Crippen molar-refractivity contribution in [3.05, 3.63) is 87.0 Å². The Morgan fingerprint density at radius 2 is 1.81 bits per heavy atom. The van der Waals surface area contributed by atoms with Gasteiger partial charge in [-0.15, -0.1) is 0 Å². The number of amides is 1. The molecule has 1 fully saturated rings. The van der Waals surface area contributed by atoms with Crippen molar-refractivity contribution in [2.24, 2.45) is 0 Å². The number of anilines is 1. The van der Waals surface area contributed by atoms with Crippen LogP contribution in [-0.2, 0) is 29.0 Å². The van der Waals surface area contributed by atoms with E-state index in [0.717, 1.165) is 55.5 Å². The van der Waals surface area contributed by atoms with E-state index >= 15 is 0 Å². The van der Waals surface area contributed by atoms with Gasteiger partial charge in [-0.2, -0.15) is 0 Å². The number of aryl methyl sites for hydroxylation is 1. The second-order valence-corrected chi connectivity index (χ2v) is 10.5. The highest BCUT2D eigenvalue weighted by molar-refractivity contribution is 5.94. The quantitative estimate of drug-likeness (QED) is 0.171. The number of nitro benzene ring substituents is 1. The van der Waals surface area contributed by atoms with Crippen LogP contribution in [0.25, 0.3) is 0 Å². The smallest absolute Gasteiger partial charge is 0.338 e. The number of likely N-dealkylation sites (N-methyl/N-ethyl adjacent to an activating group) is 1. The fourth-order valence-corrected chi connectivity index (χ4v) is 4.77. The second-order valence-electron chi connectivity index (χ2n) is 10.5. The Morgan fingerprint density at radius 1 is 1.09 bits per heavy atom. The van der Waals surface area contributed by atoms with Gasteiger partial charge in [0.05, 0.1) is 40.2 Å². The molecule has 1 aliphatic heterocycles. The van der Waals surface area contributed by atoms with E-state index in [1.165, 1.54) is 12.1 Å². The molecule has 0 saturated carbocycles. The summed E-state index contributed by atoms with van der Waals surface area (Å²) in [6.07, 6.45) is 4.35. The highest BCUT2D eigenvalue weighted by Gasteiger charge is 2.21. The van der Waals surface area contributed by atoms with E-state index in [2.05, 4.69) is 22.1 Å². The molecule has 0 bridgehead atoms. The van der Waals surface area contributed by atoms with E-state index in [0.29, 0.717) is 25.2 Å². The summed E-state index contributed by atoms with van der Waals surface area (Å²) in [5, 5.41) is 23.8. The first kappa shape index (κ1) is 31.2. The van der Waals surface area contributed by atoms with Crippen LogP contribution in [0.2, 0.25) is 0 Å². The first-order valence-electron chi connectivity index (χ1n) is 14.2. The van der Waals surface area contributed by atoms with E-state index in [1.54, 1.807) is 23.2 Å². The zero-order valence-electron chi connectivity index (χ0n) is 24.3. The molecule has 0 spiro atoms. The van der Waals surface area contributed by atoms with Crippen LogP contribution in [0.15, 0.2) is 48.7 Å². The number of carbonyl (C=O) groups excluding carboxylic acids is 2. The number of nitrogens with one attached hydrogen (secondary N) is 1. The van der Waals surface area contributed by atoms with Gasteiger partial charge < -0.3 is 29.5 Å². The van der Waals surface area contributed by atoms with Crippen LogP contribution in [0.4, 0.5) is 11.4 Å². The number of non-ortho nitro benzene ring substituents is 1. The summed E-state index contributed by atoms with van der Waals surface area (Å²) in [6.45, 7) is 5.20. The molecule has 228 valence electrons. The number of benzene rings is 2. The molecule has 1 aromatic heterocycles. The van der Waals surface area contributed by atoms with Crippen LogP contribution in [0.5, 0.6) is 0 Å². The molecule has 4 rings (SSSR count). The molecule has 2 N–H and O–H groups in total. The summed E-state index contributed by atoms with van der Waals surface area (Å²) in [7, 11) is 2.00. The maximum Gasteiger partial charge on any atom is 0.338 e. The fraction of sp³-hybridized carbons (Fsp3) is 0.400. The van der Waals surface area contributed by atoms with Crippen molar-refractivity contribution >= 4 is 29.2 Å². The lowest BCUT2D eigenvalue weighted by atomic mass is 10.1. The maximum absolute atomic E-state index is 12.6. The molecule has 13 nitrogen and oxygen atoms in total. The number of imidazole rings is 1. The number of carboxylic acids is 1. The largest absolute Gasteiger partial charge is 0.478 e. The Labute approximate surface area is 249 Å². The Balaban J connectivity index is 1.44. The lowest BCUT2D eigenvalue weighted by Crippen LogP contribution is -2.48. The topological polar surface area (TPSA) is 160 Å². The SMILES string of the molecule is CCCCc1ncc(CNc2cc([N+](=O)[O-])ccc2C(=O)O)n1Cc1ccc(C(=O)OCC(=O)N2CCN(C)CC2)cc1. The van der Waals surface area contributed by atoms with Crippen LogP contribution >= 0.6 is 0 Å². The predicted octanol–water partition coefficient (Wildman–Crippen LogP) is 3.42. The number of carbonyl (C=O) groups is 3. The van der Waals surface area contributed by atoms with Crippen molar-refractivity contribution < 1.29 is 29.2 Å². The monoisotopic (exact) mass is 592 g/mol. The molecule has 1 saturated heterocycles. The van der Waals surface area contributed by atoms with Crippen LogP contribution in [0.1, 0.15) is 57.6 Å². The van der Waals surface area contributed by atoms with Crippen LogP contribution < -0.4 is 5.32 Å². The number of esters is 1. The minimum Gasteiger partial charge on any atom is -0.478 e. The van der Waals surface area contributed by atoms with E-state index in [4.69, 9.17) is 4.74 Å². The number of aromatic carboxylic acids is 1. The molecule has 13 heteroatoms. The third-order valence-corrected chi connectivity index (χ3v) is 7.39. The zero-order chi connectivity index (χ0) is 30.9. The van der Waals surface area contributed by atoms with Gasteiger partial charge in [0.1, 0.15) is 5.82 Å². The molecule has 1 aliphatic rings. The van der Waals surface area contributed by atoms with E-state index < -0.39 is 16.9 Å². The van der Waals surface area contributed by atoms with Crippen molar-refractivity contribution in [1.29, 1.82) is 0 Å². The molecule has 3 aromatic rings. The first-order chi connectivity index (χ1) is 20.7. The number of unbranched alkanes of at least 4 members (excludes halogenated alkanes) is 1. The second kappa shape index (κ2) is 14.4. The standard InChI is InChI=1S/C30H36N6O7/c1-3-4-5-27-32-18-24(17-31-26-16-23(36(41)42)10-11-25(26)29(38)39)35(27)19-21-6-8-22(9-7-21)30(40)43-20-28(37)34-14-12-33(2)13-15-34/h6-11,16,18,31H,3-5,12-15,17,19-20H2,1-2H3,(H,38,39). The lowest BCUT2D eigenvalue weighted by Gasteiger charge is -2.32. The van der Waals surface area contributed by atoms with Crippen molar-refractivity contribution in [2.45, 2.75) is 39.3 Å². The predicted molar refractivity (Wildman–Crippen MR) is 158 cm³/mol. The van der Waals surface area contributed by atoms with Gasteiger partial charge in [0.25, 0.3) is 11.6 Å².